The van der Waals surface area contributed by atoms with Crippen molar-refractivity contribution in [2.75, 3.05) is 20.0 Å². The number of aromatic carboxylic acids is 2. The van der Waals surface area contributed by atoms with E-state index < -0.39 is 69.6 Å². The number of thiophene rings is 2. The number of phenols is 1. The molecule has 0 aliphatic heterocycles. The number of hydrogen-bond donors (Lipinski definition) is 4. The number of halogens is 6. The molecule has 0 saturated carbocycles. The summed E-state index contributed by atoms with van der Waals surface area (Å²) in [6.45, 7) is 0. The Bertz CT molecular complexity index is 2460. The highest BCUT2D eigenvalue weighted by Crippen LogP contribution is 2.37. The molecule has 0 saturated heterocycles. The quantitative estimate of drug-likeness (QED) is 0.0620. The Kier molecular flexibility index (Phi) is 16.7. The van der Waals surface area contributed by atoms with Crippen LogP contribution in [0.4, 0.5) is 23.2 Å². The van der Waals surface area contributed by atoms with E-state index in [0.717, 1.165) is 50.8 Å². The Hall–Kier alpha value is -5.56. The Morgan fingerprint density at radius 2 is 1.17 bits per heavy atom. The minimum atomic E-state index is -1.51. The number of nitrogen functional groups attached to an aromatic ring is 1. The molecule has 0 unspecified atom stereocenters. The molecule has 6 rings (SSSR count). The van der Waals surface area contributed by atoms with Crippen LogP contribution in [0, 0.1) is 23.3 Å². The van der Waals surface area contributed by atoms with Crippen LogP contribution >= 0.6 is 54.5 Å². The molecular weight excluding hydrogens is 938 g/mol. The van der Waals surface area contributed by atoms with Crippen LogP contribution in [0.5, 0.6) is 11.5 Å². The number of ether oxygens (including phenoxy) is 2. The summed E-state index contributed by atoms with van der Waals surface area (Å²) in [7, 11) is 2.43. The van der Waals surface area contributed by atoms with E-state index in [1.165, 1.54) is 35.2 Å². The summed E-state index contributed by atoms with van der Waals surface area (Å²) >= 11 is 9.28. The van der Waals surface area contributed by atoms with Crippen LogP contribution < -0.4 is 10.5 Å². The topological polar surface area (TPSA) is 173 Å². The van der Waals surface area contributed by atoms with Gasteiger partial charge >= 0.3 is 17.9 Å². The lowest BCUT2D eigenvalue weighted by Gasteiger charge is -2.06. The van der Waals surface area contributed by atoms with Gasteiger partial charge in [-0.1, -0.05) is 63.6 Å². The number of ketones is 1. The fourth-order valence-electron chi connectivity index (χ4n) is 5.00. The van der Waals surface area contributed by atoms with E-state index in [0.29, 0.717) is 21.7 Å². The lowest BCUT2D eigenvalue weighted by molar-refractivity contribution is 0.0601. The molecule has 0 bridgehead atoms. The number of benzene rings is 4. The molecular formula is C40H31Br2F4NO9S2. The summed E-state index contributed by atoms with van der Waals surface area (Å²) in [5, 5.41) is 31.1. The average molecular weight is 970 g/mol. The zero-order valence-electron chi connectivity index (χ0n) is 29.2. The number of methoxy groups -OCH3 is 2. The molecule has 5 N–H and O–H groups in total. The number of carbonyl (C=O) groups is 4. The zero-order chi connectivity index (χ0) is 42.1. The van der Waals surface area contributed by atoms with E-state index in [4.69, 9.17) is 15.6 Å². The van der Waals surface area contributed by atoms with Gasteiger partial charge in [0.2, 0.25) is 11.6 Å². The highest BCUT2D eigenvalue weighted by molar-refractivity contribution is 9.10. The zero-order valence-corrected chi connectivity index (χ0v) is 34.0. The normalized spacial score (nSPS) is 10.2. The second kappa shape index (κ2) is 20.7. The number of nitrogens with two attached hydrogens (primary N) is 1. The van der Waals surface area contributed by atoms with Crippen LogP contribution in [0.3, 0.4) is 0 Å². The van der Waals surface area contributed by atoms with Gasteiger partial charge in [-0.2, -0.15) is 8.78 Å². The molecule has 4 aromatic carbocycles. The van der Waals surface area contributed by atoms with E-state index in [-0.39, 0.29) is 25.0 Å². The second-order valence-electron chi connectivity index (χ2n) is 11.3. The number of phenolic OH excluding ortho intramolecular Hbond substituents is 1. The summed E-state index contributed by atoms with van der Waals surface area (Å²) < 4.78 is 63.0. The first-order valence-corrected chi connectivity index (χ1v) is 19.1. The number of Topliss-reactive ketones (excluding diaryl/α,β-unsaturated/α-hetero) is 1. The molecule has 2 heterocycles. The van der Waals surface area contributed by atoms with Gasteiger partial charge in [-0.3, -0.25) is 4.79 Å². The number of carboxylic acids is 2. The largest absolute Gasteiger partial charge is 0.504 e. The third-order valence-corrected chi connectivity index (χ3v) is 10.9. The molecule has 58 heavy (non-hydrogen) atoms. The fourth-order valence-corrected chi connectivity index (χ4v) is 7.55. The molecule has 0 atom stereocenters. The smallest absolute Gasteiger partial charge is 0.341 e. The van der Waals surface area contributed by atoms with E-state index in [9.17, 15) is 47.0 Å². The first-order chi connectivity index (χ1) is 27.0. The molecule has 2 aromatic heterocycles. The van der Waals surface area contributed by atoms with E-state index >= 15 is 0 Å². The van der Waals surface area contributed by atoms with Crippen molar-refractivity contribution in [3.63, 3.8) is 0 Å². The van der Waals surface area contributed by atoms with Crippen LogP contribution in [-0.2, 0) is 11.2 Å². The van der Waals surface area contributed by atoms with Crippen molar-refractivity contribution in [2.45, 2.75) is 13.8 Å². The molecule has 0 amide bonds. The van der Waals surface area contributed by atoms with Crippen molar-refractivity contribution >= 4 is 83.9 Å². The van der Waals surface area contributed by atoms with Gasteiger partial charge in [0.15, 0.2) is 28.9 Å². The summed E-state index contributed by atoms with van der Waals surface area (Å²) in [5.74, 6) is -10.6. The first-order valence-electron chi connectivity index (χ1n) is 15.8. The van der Waals surface area contributed by atoms with Crippen LogP contribution in [0.15, 0.2) is 92.5 Å². The third kappa shape index (κ3) is 10.9. The Balaban J connectivity index is 0.000000250. The standard InChI is InChI=1S/C19H11BrF2O4S.C12H10BrNO2S.C8H6F2O3.CH4/c20-11-3-1-9(2-4-11)18-15(19(25)26)10(8-27-18)7-14(23)12-5-6-13(21)16(22)17(12)24;1-16-12(15)10-9(14)6-17-11(10)7-2-4-8(13)5-3-7;1-13-7-4(8(11)12)2-3-5(9)6(7)10;/h1-6,8,24H,7H2,(H,25,26);2-6H,14H2,1H3;2-3H,1H3,(H,11,12);1H4. The summed E-state index contributed by atoms with van der Waals surface area (Å²) in [5.41, 5.74) is 7.72. The lowest BCUT2D eigenvalue weighted by Crippen LogP contribution is -2.09. The Morgan fingerprint density at radius 3 is 1.66 bits per heavy atom. The highest BCUT2D eigenvalue weighted by Gasteiger charge is 2.25. The van der Waals surface area contributed by atoms with Crippen molar-refractivity contribution in [1.29, 1.82) is 0 Å². The van der Waals surface area contributed by atoms with E-state index in [1.807, 2.05) is 24.3 Å². The Labute approximate surface area is 353 Å². The summed E-state index contributed by atoms with van der Waals surface area (Å²) in [6.07, 6.45) is -0.368. The van der Waals surface area contributed by atoms with Gasteiger partial charge < -0.3 is 30.5 Å². The van der Waals surface area contributed by atoms with Crippen molar-refractivity contribution < 1.29 is 61.5 Å². The number of hydrogen-bond acceptors (Lipinski definition) is 10. The van der Waals surface area contributed by atoms with Crippen molar-refractivity contribution in [3.8, 4) is 32.4 Å². The lowest BCUT2D eigenvalue weighted by atomic mass is 9.98. The molecule has 0 aliphatic rings. The summed E-state index contributed by atoms with van der Waals surface area (Å²) in [6, 6.07) is 18.1. The number of carbonyl (C=O) groups excluding carboxylic acids is 2. The maximum absolute atomic E-state index is 13.5. The van der Waals surface area contributed by atoms with Gasteiger partial charge in [0.25, 0.3) is 0 Å². The Morgan fingerprint density at radius 1 is 0.690 bits per heavy atom. The molecule has 10 nitrogen and oxygen atoms in total. The minimum absolute atomic E-state index is 0. The second-order valence-corrected chi connectivity index (χ2v) is 14.9. The molecule has 6 aromatic rings. The highest BCUT2D eigenvalue weighted by atomic mass is 79.9. The van der Waals surface area contributed by atoms with Crippen LogP contribution in [0.25, 0.3) is 20.9 Å². The van der Waals surface area contributed by atoms with Crippen LogP contribution in [0.2, 0.25) is 0 Å². The molecule has 304 valence electrons. The van der Waals surface area contributed by atoms with Crippen LogP contribution in [-0.4, -0.2) is 53.2 Å². The van der Waals surface area contributed by atoms with Gasteiger partial charge in [0, 0.05) is 25.6 Å². The predicted molar refractivity (Wildman–Crippen MR) is 220 cm³/mol. The third-order valence-electron chi connectivity index (χ3n) is 7.71. The fraction of sp³-hybridized carbons (Fsp3) is 0.100. The number of esters is 1. The number of rotatable bonds is 9. The van der Waals surface area contributed by atoms with Gasteiger partial charge in [-0.25, -0.2) is 23.2 Å². The molecule has 0 aliphatic carbocycles. The van der Waals surface area contributed by atoms with Crippen molar-refractivity contribution in [1.82, 2.24) is 0 Å². The van der Waals surface area contributed by atoms with E-state index in [2.05, 4.69) is 36.6 Å². The van der Waals surface area contributed by atoms with E-state index in [1.54, 1.807) is 29.6 Å². The monoisotopic (exact) mass is 967 g/mol. The first kappa shape index (κ1) is 46.8. The van der Waals surface area contributed by atoms with Gasteiger partial charge in [-0.15, -0.1) is 22.7 Å². The summed E-state index contributed by atoms with van der Waals surface area (Å²) in [4.78, 5) is 47.6. The molecule has 0 radical (unpaired) electrons. The minimum Gasteiger partial charge on any atom is -0.504 e. The number of anilines is 1. The average Bonchev–Trinajstić information content (AvgIpc) is 3.79. The SMILES string of the molecule is C.COC(=O)c1c(N)csc1-c1ccc(Br)cc1.COc1c(C(=O)O)ccc(F)c1F.O=C(Cc1csc(-c2ccc(Br)cc2)c1C(=O)O)c1ccc(F)c(F)c1O. The van der Waals surface area contributed by atoms with Gasteiger partial charge in [0.1, 0.15) is 11.1 Å². The molecule has 18 heteroatoms. The van der Waals surface area contributed by atoms with Crippen molar-refractivity contribution in [3.05, 3.63) is 144 Å². The number of aromatic hydroxyl groups is 1. The maximum atomic E-state index is 13.5. The predicted octanol–water partition coefficient (Wildman–Crippen LogP) is 11.1. The van der Waals surface area contributed by atoms with Gasteiger partial charge in [0.05, 0.1) is 35.9 Å². The van der Waals surface area contributed by atoms with Crippen LogP contribution in [0.1, 0.15) is 54.4 Å². The van der Waals surface area contributed by atoms with Gasteiger partial charge in [-0.05, 0) is 70.6 Å². The van der Waals surface area contributed by atoms with Crippen molar-refractivity contribution in [2.24, 2.45) is 0 Å². The molecule has 0 spiro atoms. The maximum Gasteiger partial charge on any atom is 0.341 e. The molecule has 0 fully saturated rings. The number of carboxylic acid groups (broad SMARTS) is 2.